The van der Waals surface area contributed by atoms with E-state index in [0.717, 1.165) is 12.0 Å². The molecule has 1 atom stereocenters. The van der Waals surface area contributed by atoms with E-state index in [9.17, 15) is 5.11 Å². The predicted molar refractivity (Wildman–Crippen MR) is 85.4 cm³/mol. The average Bonchev–Trinajstić information content (AvgIpc) is 2.42. The summed E-state index contributed by atoms with van der Waals surface area (Å²) in [5, 5.41) is 10.4. The third-order valence-corrected chi connectivity index (χ3v) is 7.52. The van der Waals surface area contributed by atoms with Crippen LogP contribution in [0, 0.1) is 0 Å². The highest BCUT2D eigenvalue weighted by Gasteiger charge is 2.23. The minimum absolute atomic E-state index is 0.414. The molecular formula is C17H22OS. The fraction of sp³-hybridized carbons (Fsp3) is 0.294. The molecule has 102 valence electrons. The highest BCUT2D eigenvalue weighted by atomic mass is 32.3. The average molecular weight is 274 g/mol. The van der Waals surface area contributed by atoms with Gasteiger partial charge in [0.15, 0.2) is 0 Å². The summed E-state index contributed by atoms with van der Waals surface area (Å²) in [7, 11) is -0.865. The Kier molecular flexibility index (Phi) is 4.20. The molecule has 0 spiro atoms. The van der Waals surface area contributed by atoms with Crippen LogP contribution in [0.15, 0.2) is 59.5 Å². The van der Waals surface area contributed by atoms with Crippen molar-refractivity contribution in [3.8, 4) is 5.75 Å². The highest BCUT2D eigenvalue weighted by Crippen LogP contribution is 2.54. The lowest BCUT2D eigenvalue weighted by atomic mass is 10.1. The molecule has 0 saturated carbocycles. The van der Waals surface area contributed by atoms with E-state index in [1.54, 1.807) is 6.07 Å². The Labute approximate surface area is 117 Å². The first-order valence-electron chi connectivity index (χ1n) is 6.56. The van der Waals surface area contributed by atoms with E-state index in [4.69, 9.17) is 0 Å². The number of phenolic OH excluding ortho intramolecular Hbond substituents is 1. The second kappa shape index (κ2) is 5.70. The van der Waals surface area contributed by atoms with Crippen LogP contribution in [-0.2, 0) is 6.42 Å². The number of hydrogen-bond donors (Lipinski definition) is 1. The Morgan fingerprint density at radius 3 is 2.16 bits per heavy atom. The van der Waals surface area contributed by atoms with Crippen molar-refractivity contribution in [3.05, 3.63) is 60.2 Å². The standard InChI is InChI=1S/C17H22OS/c1-14(13-15-9-7-8-12-17(15)18)19(2,3)16-10-5-4-6-11-16/h4-12,14,18H,13H2,1-3H3. The van der Waals surface area contributed by atoms with Crippen molar-refractivity contribution >= 4 is 10.0 Å². The van der Waals surface area contributed by atoms with Gasteiger partial charge in [-0.05, 0) is 40.7 Å². The monoisotopic (exact) mass is 274 g/mol. The fourth-order valence-electron chi connectivity index (χ4n) is 2.21. The molecule has 2 aromatic carbocycles. The van der Waals surface area contributed by atoms with Crippen molar-refractivity contribution in [2.24, 2.45) is 0 Å². The van der Waals surface area contributed by atoms with Gasteiger partial charge in [0.1, 0.15) is 5.75 Å². The summed E-state index contributed by atoms with van der Waals surface area (Å²) in [5.41, 5.74) is 1.05. The Balaban J connectivity index is 2.20. The van der Waals surface area contributed by atoms with Gasteiger partial charge in [-0.25, -0.2) is 10.0 Å². The molecule has 0 saturated heterocycles. The molecule has 0 heterocycles. The lowest BCUT2D eigenvalue weighted by Crippen LogP contribution is -2.16. The summed E-state index contributed by atoms with van der Waals surface area (Å²) in [5.74, 6) is 0.414. The lowest BCUT2D eigenvalue weighted by molar-refractivity contribution is 0.468. The smallest absolute Gasteiger partial charge is 0.118 e. The maximum atomic E-state index is 9.90. The number of rotatable bonds is 4. The molecule has 0 aromatic heterocycles. The molecule has 0 fully saturated rings. The van der Waals surface area contributed by atoms with Crippen LogP contribution in [0.4, 0.5) is 0 Å². The predicted octanol–water partition coefficient (Wildman–Crippen LogP) is 4.45. The molecule has 1 N–H and O–H groups in total. The second-order valence-electron chi connectivity index (χ2n) is 5.36. The van der Waals surface area contributed by atoms with Crippen LogP contribution in [0.2, 0.25) is 0 Å². The Morgan fingerprint density at radius 1 is 0.947 bits per heavy atom. The third kappa shape index (κ3) is 3.13. The number of benzene rings is 2. The number of aromatic hydroxyl groups is 1. The molecule has 2 rings (SSSR count). The minimum Gasteiger partial charge on any atom is -0.508 e. The van der Waals surface area contributed by atoms with Gasteiger partial charge in [0.05, 0.1) is 0 Å². The topological polar surface area (TPSA) is 20.2 Å². The number of para-hydroxylation sites is 1. The summed E-state index contributed by atoms with van der Waals surface area (Å²) in [6.07, 6.45) is 5.63. The first-order valence-corrected chi connectivity index (χ1v) is 9.07. The van der Waals surface area contributed by atoms with Crippen molar-refractivity contribution in [1.82, 2.24) is 0 Å². The van der Waals surface area contributed by atoms with Gasteiger partial charge in [0, 0.05) is 0 Å². The molecule has 0 aliphatic heterocycles. The molecule has 1 unspecified atom stereocenters. The first-order chi connectivity index (χ1) is 9.01. The van der Waals surface area contributed by atoms with Gasteiger partial charge in [-0.15, -0.1) is 0 Å². The fourth-order valence-corrected chi connectivity index (χ4v) is 4.12. The maximum Gasteiger partial charge on any atom is 0.118 e. The van der Waals surface area contributed by atoms with Crippen LogP contribution in [-0.4, -0.2) is 22.9 Å². The zero-order chi connectivity index (χ0) is 13.9. The molecular weight excluding hydrogens is 252 g/mol. The first kappa shape index (κ1) is 14.0. The lowest BCUT2D eigenvalue weighted by Gasteiger charge is -2.38. The van der Waals surface area contributed by atoms with Crippen LogP contribution in [0.3, 0.4) is 0 Å². The minimum atomic E-state index is -0.865. The van der Waals surface area contributed by atoms with Crippen molar-refractivity contribution in [2.75, 3.05) is 12.5 Å². The molecule has 2 aromatic rings. The Hall–Kier alpha value is -1.41. The second-order valence-corrected chi connectivity index (χ2v) is 9.45. The Bertz CT molecular complexity index is 534. The van der Waals surface area contributed by atoms with Gasteiger partial charge in [0.2, 0.25) is 0 Å². The summed E-state index contributed by atoms with van der Waals surface area (Å²) in [4.78, 5) is 1.43. The molecule has 19 heavy (non-hydrogen) atoms. The van der Waals surface area contributed by atoms with E-state index >= 15 is 0 Å². The largest absolute Gasteiger partial charge is 0.508 e. The van der Waals surface area contributed by atoms with Crippen molar-refractivity contribution in [2.45, 2.75) is 23.5 Å². The normalized spacial score (nSPS) is 14.1. The Morgan fingerprint density at radius 2 is 1.53 bits per heavy atom. The molecule has 0 bridgehead atoms. The number of phenols is 1. The van der Waals surface area contributed by atoms with Crippen LogP contribution in [0.25, 0.3) is 0 Å². The van der Waals surface area contributed by atoms with E-state index in [-0.39, 0.29) is 0 Å². The highest BCUT2D eigenvalue weighted by molar-refractivity contribution is 8.33. The zero-order valence-electron chi connectivity index (χ0n) is 11.8. The van der Waals surface area contributed by atoms with Gasteiger partial charge in [0.25, 0.3) is 0 Å². The van der Waals surface area contributed by atoms with E-state index in [1.165, 1.54) is 4.90 Å². The van der Waals surface area contributed by atoms with Gasteiger partial charge in [-0.1, -0.05) is 55.5 Å². The quantitative estimate of drug-likeness (QED) is 0.873. The van der Waals surface area contributed by atoms with Crippen molar-refractivity contribution in [3.63, 3.8) is 0 Å². The van der Waals surface area contributed by atoms with Crippen LogP contribution in [0.1, 0.15) is 12.5 Å². The SMILES string of the molecule is CC(Cc1ccccc1O)S(C)(C)c1ccccc1. The molecule has 0 radical (unpaired) electrons. The summed E-state index contributed by atoms with van der Waals surface area (Å²) in [6.45, 7) is 2.29. The zero-order valence-corrected chi connectivity index (χ0v) is 12.7. The number of hydrogen-bond acceptors (Lipinski definition) is 1. The van der Waals surface area contributed by atoms with Crippen molar-refractivity contribution < 1.29 is 5.11 Å². The third-order valence-electron chi connectivity index (χ3n) is 3.86. The molecule has 0 aliphatic carbocycles. The maximum absolute atomic E-state index is 9.90. The van der Waals surface area contributed by atoms with Crippen LogP contribution < -0.4 is 0 Å². The van der Waals surface area contributed by atoms with E-state index in [1.807, 2.05) is 18.2 Å². The van der Waals surface area contributed by atoms with Gasteiger partial charge in [-0.3, -0.25) is 0 Å². The van der Waals surface area contributed by atoms with Crippen LogP contribution in [0.5, 0.6) is 5.75 Å². The molecule has 2 heteroatoms. The molecule has 1 nitrogen and oxygen atoms in total. The molecule has 0 amide bonds. The van der Waals surface area contributed by atoms with Crippen LogP contribution >= 0.6 is 10.0 Å². The van der Waals surface area contributed by atoms with E-state index in [0.29, 0.717) is 11.0 Å². The van der Waals surface area contributed by atoms with Gasteiger partial charge < -0.3 is 5.11 Å². The van der Waals surface area contributed by atoms with E-state index in [2.05, 4.69) is 49.8 Å². The van der Waals surface area contributed by atoms with Crippen molar-refractivity contribution in [1.29, 1.82) is 0 Å². The van der Waals surface area contributed by atoms with Gasteiger partial charge >= 0.3 is 0 Å². The van der Waals surface area contributed by atoms with E-state index < -0.39 is 10.0 Å². The molecule has 0 aliphatic rings. The summed E-state index contributed by atoms with van der Waals surface area (Å²) >= 11 is 0. The summed E-state index contributed by atoms with van der Waals surface area (Å²) in [6, 6.07) is 18.4. The summed E-state index contributed by atoms with van der Waals surface area (Å²) < 4.78 is 0. The van der Waals surface area contributed by atoms with Gasteiger partial charge in [-0.2, -0.15) is 0 Å².